The molecule has 1 atom stereocenters. The van der Waals surface area contributed by atoms with E-state index in [4.69, 9.17) is 0 Å². The fourth-order valence-corrected chi connectivity index (χ4v) is 3.31. The molecule has 0 aromatic carbocycles. The van der Waals surface area contributed by atoms with E-state index in [1.165, 1.54) is 0 Å². The second-order valence-electron chi connectivity index (χ2n) is 5.30. The number of aryl methyl sites for hydroxylation is 2. The highest BCUT2D eigenvalue weighted by Crippen LogP contribution is 2.28. The van der Waals surface area contributed by atoms with Crippen molar-refractivity contribution < 1.29 is 4.92 Å². The van der Waals surface area contributed by atoms with Crippen molar-refractivity contribution in [2.75, 3.05) is 0 Å². The number of aromatic nitrogens is 2. The van der Waals surface area contributed by atoms with E-state index in [1.807, 2.05) is 6.92 Å². The summed E-state index contributed by atoms with van der Waals surface area (Å²) in [5.74, 6) is 0.562. The van der Waals surface area contributed by atoms with Crippen LogP contribution >= 0.6 is 15.9 Å². The molecule has 0 fully saturated rings. The first-order valence-corrected chi connectivity index (χ1v) is 7.61. The van der Waals surface area contributed by atoms with E-state index in [2.05, 4.69) is 34.9 Å². The molecule has 1 heterocycles. The zero-order valence-corrected chi connectivity index (χ0v) is 13.6. The molecule has 1 aromatic heterocycles. The van der Waals surface area contributed by atoms with Crippen LogP contribution in [0.15, 0.2) is 0 Å². The molecular weight excluding hydrogens is 310 g/mol. The minimum absolute atomic E-state index is 0.206. The Hall–Kier alpha value is -0.910. The molecule has 0 aliphatic heterocycles. The van der Waals surface area contributed by atoms with Crippen molar-refractivity contribution in [2.24, 2.45) is 13.0 Å². The Balaban J connectivity index is 3.01. The normalized spacial score (nSPS) is 12.9. The molecule has 0 saturated carbocycles. The maximum atomic E-state index is 11.3. The molecule has 5 nitrogen and oxygen atoms in total. The van der Waals surface area contributed by atoms with Gasteiger partial charge in [0.25, 0.3) is 0 Å². The monoisotopic (exact) mass is 331 g/mol. The van der Waals surface area contributed by atoms with Gasteiger partial charge in [0, 0.05) is 18.3 Å². The molecule has 1 rings (SSSR count). The smallest absolute Gasteiger partial charge is 0.265 e. The van der Waals surface area contributed by atoms with Gasteiger partial charge in [-0.2, -0.15) is 5.10 Å². The maximum Gasteiger partial charge on any atom is 0.313 e. The van der Waals surface area contributed by atoms with Gasteiger partial charge >= 0.3 is 5.69 Å². The standard InChI is InChI=1S/C13H22BrN3O2/c1-5-6-11-13(17(18)19)12(16(4)15-11)8-10(14)7-9(2)3/h9-10H,5-8H2,1-4H3. The first-order chi connectivity index (χ1) is 8.86. The average molecular weight is 332 g/mol. The molecule has 1 aromatic rings. The average Bonchev–Trinajstić information content (AvgIpc) is 2.54. The van der Waals surface area contributed by atoms with Gasteiger partial charge in [0.05, 0.1) is 4.92 Å². The van der Waals surface area contributed by atoms with Crippen LogP contribution in [0.5, 0.6) is 0 Å². The molecule has 6 heteroatoms. The van der Waals surface area contributed by atoms with Crippen LogP contribution in [0.2, 0.25) is 0 Å². The molecular formula is C13H22BrN3O2. The predicted octanol–water partition coefficient (Wildman–Crippen LogP) is 3.63. The molecule has 1 unspecified atom stereocenters. The Morgan fingerprint density at radius 3 is 2.58 bits per heavy atom. The van der Waals surface area contributed by atoms with Crippen LogP contribution < -0.4 is 0 Å². The first kappa shape index (κ1) is 16.1. The zero-order valence-electron chi connectivity index (χ0n) is 12.0. The fraction of sp³-hybridized carbons (Fsp3) is 0.769. The number of hydrogen-bond acceptors (Lipinski definition) is 3. The van der Waals surface area contributed by atoms with Crippen LogP contribution in [0, 0.1) is 16.0 Å². The number of alkyl halides is 1. The van der Waals surface area contributed by atoms with Crippen LogP contribution in [0.3, 0.4) is 0 Å². The van der Waals surface area contributed by atoms with E-state index in [1.54, 1.807) is 11.7 Å². The van der Waals surface area contributed by atoms with Crippen molar-refractivity contribution in [3.8, 4) is 0 Å². The Morgan fingerprint density at radius 1 is 1.47 bits per heavy atom. The maximum absolute atomic E-state index is 11.3. The van der Waals surface area contributed by atoms with Gasteiger partial charge in [-0.3, -0.25) is 14.8 Å². The lowest BCUT2D eigenvalue weighted by molar-refractivity contribution is -0.386. The van der Waals surface area contributed by atoms with Crippen molar-refractivity contribution in [2.45, 2.75) is 51.3 Å². The van der Waals surface area contributed by atoms with E-state index in [-0.39, 0.29) is 15.4 Å². The third-order valence-corrected chi connectivity index (χ3v) is 3.72. The minimum Gasteiger partial charge on any atom is -0.265 e. The molecule has 108 valence electrons. The number of rotatable bonds is 7. The topological polar surface area (TPSA) is 61.0 Å². The van der Waals surface area contributed by atoms with Gasteiger partial charge in [0.2, 0.25) is 0 Å². The van der Waals surface area contributed by atoms with Gasteiger partial charge < -0.3 is 0 Å². The number of hydrogen-bond donors (Lipinski definition) is 0. The van der Waals surface area contributed by atoms with E-state index >= 15 is 0 Å². The summed E-state index contributed by atoms with van der Waals surface area (Å²) >= 11 is 3.62. The van der Waals surface area contributed by atoms with Crippen molar-refractivity contribution in [1.82, 2.24) is 9.78 Å². The molecule has 0 amide bonds. The zero-order chi connectivity index (χ0) is 14.6. The number of halogens is 1. The van der Waals surface area contributed by atoms with Crippen molar-refractivity contribution in [1.29, 1.82) is 0 Å². The second kappa shape index (κ2) is 7.03. The summed E-state index contributed by atoms with van der Waals surface area (Å²) in [6, 6.07) is 0. The van der Waals surface area contributed by atoms with Crippen molar-refractivity contribution in [3.63, 3.8) is 0 Å². The summed E-state index contributed by atoms with van der Waals surface area (Å²) in [5, 5.41) is 15.6. The summed E-state index contributed by atoms with van der Waals surface area (Å²) in [7, 11) is 1.79. The lowest BCUT2D eigenvalue weighted by atomic mass is 10.0. The minimum atomic E-state index is -0.289. The van der Waals surface area contributed by atoms with E-state index in [0.717, 1.165) is 18.5 Å². The number of nitro groups is 1. The Bertz CT molecular complexity index is 443. The highest BCUT2D eigenvalue weighted by atomic mass is 79.9. The molecule has 0 N–H and O–H groups in total. The summed E-state index contributed by atoms with van der Waals surface area (Å²) in [5.41, 5.74) is 1.53. The lowest BCUT2D eigenvalue weighted by Crippen LogP contribution is -2.11. The third kappa shape index (κ3) is 4.30. The van der Waals surface area contributed by atoms with Crippen LogP contribution in [0.1, 0.15) is 45.0 Å². The van der Waals surface area contributed by atoms with Crippen LogP contribution in [-0.2, 0) is 19.9 Å². The fourth-order valence-electron chi connectivity index (χ4n) is 2.26. The molecule has 19 heavy (non-hydrogen) atoms. The molecule has 0 bridgehead atoms. The largest absolute Gasteiger partial charge is 0.313 e. The van der Waals surface area contributed by atoms with Crippen LogP contribution in [-0.4, -0.2) is 19.5 Å². The molecule has 0 aliphatic carbocycles. The van der Waals surface area contributed by atoms with Gasteiger partial charge in [0.1, 0.15) is 11.4 Å². The Kier molecular flexibility index (Phi) is 5.97. The highest BCUT2D eigenvalue weighted by molar-refractivity contribution is 9.09. The van der Waals surface area contributed by atoms with E-state index in [9.17, 15) is 10.1 Å². The Morgan fingerprint density at radius 2 is 2.11 bits per heavy atom. The van der Waals surface area contributed by atoms with Crippen molar-refractivity contribution >= 4 is 21.6 Å². The molecule has 0 aliphatic rings. The molecule has 0 radical (unpaired) electrons. The van der Waals surface area contributed by atoms with Crippen molar-refractivity contribution in [3.05, 3.63) is 21.5 Å². The summed E-state index contributed by atoms with van der Waals surface area (Å²) in [6.45, 7) is 6.30. The van der Waals surface area contributed by atoms with Crippen LogP contribution in [0.4, 0.5) is 5.69 Å². The lowest BCUT2D eigenvalue weighted by Gasteiger charge is -2.11. The summed E-state index contributed by atoms with van der Waals surface area (Å²) in [4.78, 5) is 11.2. The summed E-state index contributed by atoms with van der Waals surface area (Å²) < 4.78 is 1.66. The SMILES string of the molecule is CCCc1nn(C)c(CC(Br)CC(C)C)c1[N+](=O)[O-]. The highest BCUT2D eigenvalue weighted by Gasteiger charge is 2.27. The predicted molar refractivity (Wildman–Crippen MR) is 79.7 cm³/mol. The van der Waals surface area contributed by atoms with Gasteiger partial charge in [-0.1, -0.05) is 43.1 Å². The first-order valence-electron chi connectivity index (χ1n) is 6.70. The van der Waals surface area contributed by atoms with Crippen LogP contribution in [0.25, 0.3) is 0 Å². The Labute approximate surface area is 122 Å². The molecule has 0 saturated heterocycles. The van der Waals surface area contributed by atoms with E-state index < -0.39 is 0 Å². The third-order valence-electron chi connectivity index (χ3n) is 3.02. The van der Waals surface area contributed by atoms with Gasteiger partial charge in [-0.15, -0.1) is 0 Å². The van der Waals surface area contributed by atoms with Gasteiger partial charge in [-0.25, -0.2) is 0 Å². The molecule has 0 spiro atoms. The summed E-state index contributed by atoms with van der Waals surface area (Å²) in [6.07, 6.45) is 3.15. The van der Waals surface area contributed by atoms with E-state index in [0.29, 0.717) is 24.5 Å². The quantitative estimate of drug-likeness (QED) is 0.435. The number of nitrogens with zero attached hydrogens (tertiary/aromatic N) is 3. The second-order valence-corrected chi connectivity index (χ2v) is 6.60. The van der Waals surface area contributed by atoms with Gasteiger partial charge in [-0.05, 0) is 18.8 Å². The van der Waals surface area contributed by atoms with Gasteiger partial charge in [0.15, 0.2) is 0 Å².